The van der Waals surface area contributed by atoms with Crippen molar-refractivity contribution in [1.82, 2.24) is 10.2 Å². The van der Waals surface area contributed by atoms with E-state index >= 15 is 0 Å². The molecule has 0 radical (unpaired) electrons. The van der Waals surface area contributed by atoms with Crippen molar-refractivity contribution in [2.75, 3.05) is 19.6 Å². The molecule has 1 aliphatic heterocycles. The Kier molecular flexibility index (Phi) is 5.23. The Balaban J connectivity index is 1.86. The lowest BCUT2D eigenvalue weighted by molar-refractivity contribution is -0.157. The molecule has 0 bridgehead atoms. The molecule has 5 nitrogen and oxygen atoms in total. The zero-order valence-corrected chi connectivity index (χ0v) is 13.2. The van der Waals surface area contributed by atoms with Crippen LogP contribution in [-0.4, -0.2) is 53.7 Å². The lowest BCUT2D eigenvalue weighted by atomic mass is 9.73. The summed E-state index contributed by atoms with van der Waals surface area (Å²) >= 11 is 0. The highest BCUT2D eigenvalue weighted by atomic mass is 19.4. The molecule has 2 N–H and O–H groups in total. The number of alkyl halides is 3. The maximum atomic E-state index is 12.4. The van der Waals surface area contributed by atoms with Gasteiger partial charge >= 0.3 is 6.18 Å². The van der Waals surface area contributed by atoms with Crippen molar-refractivity contribution in [2.24, 2.45) is 11.3 Å². The highest BCUT2D eigenvalue weighted by Crippen LogP contribution is 2.35. The van der Waals surface area contributed by atoms with Crippen molar-refractivity contribution in [3.8, 4) is 0 Å². The number of hydrogen-bond acceptors (Lipinski definition) is 3. The third-order valence-corrected chi connectivity index (χ3v) is 4.90. The zero-order chi connectivity index (χ0) is 17.3. The van der Waals surface area contributed by atoms with Crippen molar-refractivity contribution >= 4 is 11.8 Å². The molecule has 0 spiro atoms. The molecule has 0 aromatic carbocycles. The zero-order valence-electron chi connectivity index (χ0n) is 13.2. The van der Waals surface area contributed by atoms with Crippen LogP contribution in [0.4, 0.5) is 13.2 Å². The maximum Gasteiger partial charge on any atom is 0.406 e. The minimum absolute atomic E-state index is 0.193. The van der Waals surface area contributed by atoms with Gasteiger partial charge < -0.3 is 15.3 Å². The van der Waals surface area contributed by atoms with Crippen LogP contribution in [0.5, 0.6) is 0 Å². The van der Waals surface area contributed by atoms with Crippen molar-refractivity contribution < 1.29 is 27.9 Å². The topological polar surface area (TPSA) is 69.6 Å². The number of rotatable bonds is 4. The summed E-state index contributed by atoms with van der Waals surface area (Å²) in [6.07, 6.45) is -1.74. The van der Waals surface area contributed by atoms with Gasteiger partial charge in [-0.25, -0.2) is 0 Å². The van der Waals surface area contributed by atoms with Crippen LogP contribution in [0.25, 0.3) is 0 Å². The number of nitrogens with zero attached hydrogens (tertiary/aromatic N) is 1. The second-order valence-electron chi connectivity index (χ2n) is 6.92. The Morgan fingerprint density at radius 2 is 2.13 bits per heavy atom. The predicted molar refractivity (Wildman–Crippen MR) is 76.3 cm³/mol. The van der Waals surface area contributed by atoms with E-state index in [9.17, 15) is 27.9 Å². The second-order valence-corrected chi connectivity index (χ2v) is 6.92. The molecule has 2 aliphatic rings. The Bertz CT molecular complexity index is 469. The smallest absolute Gasteiger partial charge is 0.392 e. The van der Waals surface area contributed by atoms with Gasteiger partial charge in [-0.2, -0.15) is 13.2 Å². The Labute approximate surface area is 133 Å². The lowest BCUT2D eigenvalue weighted by Crippen LogP contribution is -2.46. The van der Waals surface area contributed by atoms with Crippen molar-refractivity contribution in [3.63, 3.8) is 0 Å². The molecule has 2 rings (SSSR count). The Morgan fingerprint density at radius 1 is 1.43 bits per heavy atom. The van der Waals surface area contributed by atoms with Crippen LogP contribution in [0.2, 0.25) is 0 Å². The minimum Gasteiger partial charge on any atom is -0.392 e. The summed E-state index contributed by atoms with van der Waals surface area (Å²) in [5.74, 6) is -1.82. The average Bonchev–Trinajstić information content (AvgIpc) is 2.79. The molecule has 132 valence electrons. The Hall–Kier alpha value is -1.31. The van der Waals surface area contributed by atoms with E-state index in [2.05, 4.69) is 5.32 Å². The predicted octanol–water partition coefficient (Wildman–Crippen LogP) is 1.45. The molecule has 1 heterocycles. The van der Waals surface area contributed by atoms with Crippen LogP contribution < -0.4 is 5.32 Å². The third-order valence-electron chi connectivity index (χ3n) is 4.90. The summed E-state index contributed by atoms with van der Waals surface area (Å²) in [7, 11) is 0. The number of carbonyl (C=O) groups is 2. The summed E-state index contributed by atoms with van der Waals surface area (Å²) in [5, 5.41) is 12.8. The van der Waals surface area contributed by atoms with Crippen LogP contribution in [0.15, 0.2) is 0 Å². The van der Waals surface area contributed by atoms with Crippen molar-refractivity contribution in [2.45, 2.75) is 51.3 Å². The molecule has 3 atom stereocenters. The minimum atomic E-state index is -4.46. The van der Waals surface area contributed by atoms with E-state index in [1.165, 1.54) is 0 Å². The van der Waals surface area contributed by atoms with Gasteiger partial charge in [-0.3, -0.25) is 9.59 Å². The highest BCUT2D eigenvalue weighted by Gasteiger charge is 2.41. The summed E-state index contributed by atoms with van der Waals surface area (Å²) in [6, 6.07) is 0. The number of hydrogen-bond donors (Lipinski definition) is 2. The normalized spacial score (nSPS) is 32.2. The first-order chi connectivity index (χ1) is 10.6. The SMILES string of the molecule is C[C@]1(CNC(=O)[C@@H]2CC(=O)N(CC(F)(F)F)C2)CCCC[C@@H]1O. The summed E-state index contributed by atoms with van der Waals surface area (Å²) in [4.78, 5) is 24.4. The van der Waals surface area contributed by atoms with E-state index in [0.717, 1.165) is 19.3 Å². The highest BCUT2D eigenvalue weighted by molar-refractivity contribution is 5.89. The largest absolute Gasteiger partial charge is 0.406 e. The van der Waals surface area contributed by atoms with Gasteiger partial charge in [-0.1, -0.05) is 19.8 Å². The fraction of sp³-hybridized carbons (Fsp3) is 0.867. The third kappa shape index (κ3) is 4.59. The van der Waals surface area contributed by atoms with Crippen LogP contribution in [0.1, 0.15) is 39.0 Å². The monoisotopic (exact) mass is 336 g/mol. The number of aliphatic hydroxyl groups excluding tert-OH is 1. The standard InChI is InChI=1S/C15H23F3N2O3/c1-14(5-3-2-4-11(14)21)8-19-13(23)10-6-12(22)20(7-10)9-15(16,17)18/h10-11,21H,2-9H2,1H3,(H,19,23)/t10-,11+,14-/m1/s1. The molecule has 2 amide bonds. The molecule has 1 saturated carbocycles. The Morgan fingerprint density at radius 3 is 2.74 bits per heavy atom. The van der Waals surface area contributed by atoms with Gasteiger partial charge in [0.1, 0.15) is 6.54 Å². The molecular weight excluding hydrogens is 313 g/mol. The van der Waals surface area contributed by atoms with E-state index in [-0.39, 0.29) is 19.5 Å². The first-order valence-corrected chi connectivity index (χ1v) is 7.91. The van der Waals surface area contributed by atoms with E-state index in [4.69, 9.17) is 0 Å². The quantitative estimate of drug-likeness (QED) is 0.816. The van der Waals surface area contributed by atoms with Gasteiger partial charge in [0.2, 0.25) is 11.8 Å². The molecule has 1 aliphatic carbocycles. The summed E-state index contributed by atoms with van der Waals surface area (Å²) in [5.41, 5.74) is -0.415. The van der Waals surface area contributed by atoms with Gasteiger partial charge in [0.15, 0.2) is 0 Å². The van der Waals surface area contributed by atoms with E-state index < -0.39 is 42.0 Å². The number of amides is 2. The molecule has 0 unspecified atom stereocenters. The lowest BCUT2D eigenvalue weighted by Gasteiger charge is -2.38. The van der Waals surface area contributed by atoms with Crippen LogP contribution in [0.3, 0.4) is 0 Å². The number of likely N-dealkylation sites (tertiary alicyclic amines) is 1. The molecule has 1 saturated heterocycles. The molecule has 2 fully saturated rings. The first-order valence-electron chi connectivity index (χ1n) is 7.91. The summed E-state index contributed by atoms with van der Waals surface area (Å²) in [6.45, 7) is 0.652. The number of nitrogens with one attached hydrogen (secondary N) is 1. The fourth-order valence-corrected chi connectivity index (χ4v) is 3.34. The first kappa shape index (κ1) is 18.0. The van der Waals surface area contributed by atoms with E-state index in [0.29, 0.717) is 11.3 Å². The van der Waals surface area contributed by atoms with Gasteiger partial charge in [-0.05, 0) is 12.8 Å². The van der Waals surface area contributed by atoms with Gasteiger partial charge in [0, 0.05) is 24.9 Å². The molecule has 8 heteroatoms. The number of carbonyl (C=O) groups excluding carboxylic acids is 2. The molecule has 0 aromatic heterocycles. The van der Waals surface area contributed by atoms with E-state index in [1.807, 2.05) is 6.92 Å². The van der Waals surface area contributed by atoms with E-state index in [1.54, 1.807) is 0 Å². The molecule has 23 heavy (non-hydrogen) atoms. The van der Waals surface area contributed by atoms with Crippen LogP contribution in [0, 0.1) is 11.3 Å². The van der Waals surface area contributed by atoms with Crippen LogP contribution in [-0.2, 0) is 9.59 Å². The second kappa shape index (κ2) is 6.67. The van der Waals surface area contributed by atoms with Crippen molar-refractivity contribution in [1.29, 1.82) is 0 Å². The number of halogens is 3. The maximum absolute atomic E-state index is 12.4. The fourth-order valence-electron chi connectivity index (χ4n) is 3.34. The number of aliphatic hydroxyl groups is 1. The summed E-state index contributed by atoms with van der Waals surface area (Å²) < 4.78 is 37.1. The molecular formula is C15H23F3N2O3. The molecule has 0 aromatic rings. The van der Waals surface area contributed by atoms with Crippen LogP contribution >= 0.6 is 0 Å². The van der Waals surface area contributed by atoms with Crippen molar-refractivity contribution in [3.05, 3.63) is 0 Å². The average molecular weight is 336 g/mol. The van der Waals surface area contributed by atoms with Gasteiger partial charge in [0.25, 0.3) is 0 Å². The van der Waals surface area contributed by atoms with Gasteiger partial charge in [-0.15, -0.1) is 0 Å². The van der Waals surface area contributed by atoms with Gasteiger partial charge in [0.05, 0.1) is 12.0 Å².